The van der Waals surface area contributed by atoms with Gasteiger partial charge in [-0.3, -0.25) is 9.69 Å². The minimum absolute atomic E-state index is 0.0685. The Hall–Kier alpha value is -3.25. The van der Waals surface area contributed by atoms with Gasteiger partial charge in [-0.25, -0.2) is 9.67 Å². The number of pyridine rings is 1. The largest absolute Gasteiger partial charge is 0.336 e. The summed E-state index contributed by atoms with van der Waals surface area (Å²) in [5.74, 6) is 0.0685. The van der Waals surface area contributed by atoms with Crippen molar-refractivity contribution in [3.05, 3.63) is 71.5 Å². The van der Waals surface area contributed by atoms with Gasteiger partial charge in [0.1, 0.15) is 0 Å². The predicted octanol–water partition coefficient (Wildman–Crippen LogP) is 4.43. The van der Waals surface area contributed by atoms with Crippen molar-refractivity contribution in [3.8, 4) is 0 Å². The number of aromatic nitrogens is 3. The van der Waals surface area contributed by atoms with Crippen molar-refractivity contribution in [1.82, 2.24) is 24.6 Å². The Bertz CT molecular complexity index is 1280. The van der Waals surface area contributed by atoms with E-state index in [2.05, 4.69) is 66.3 Å². The first-order chi connectivity index (χ1) is 15.5. The molecule has 2 aromatic heterocycles. The molecule has 1 fully saturated rings. The van der Waals surface area contributed by atoms with Crippen LogP contribution in [0.3, 0.4) is 0 Å². The van der Waals surface area contributed by atoms with Gasteiger partial charge in [0, 0.05) is 44.2 Å². The molecule has 0 atom stereocenters. The number of benzene rings is 2. The van der Waals surface area contributed by atoms with Crippen LogP contribution in [0.25, 0.3) is 21.8 Å². The molecule has 0 aliphatic carbocycles. The molecule has 5 rings (SSSR count). The molecule has 3 heterocycles. The smallest absolute Gasteiger partial charge is 0.255 e. The minimum Gasteiger partial charge on any atom is -0.336 e. The lowest BCUT2D eigenvalue weighted by Gasteiger charge is -2.35. The van der Waals surface area contributed by atoms with E-state index in [1.54, 1.807) is 6.20 Å². The predicted molar refractivity (Wildman–Crippen MR) is 128 cm³/mol. The third-order valence-electron chi connectivity index (χ3n) is 6.41. The van der Waals surface area contributed by atoms with E-state index < -0.39 is 0 Å². The quantitative estimate of drug-likeness (QED) is 0.483. The van der Waals surface area contributed by atoms with Gasteiger partial charge in [-0.2, -0.15) is 5.10 Å². The maximum Gasteiger partial charge on any atom is 0.255 e. The zero-order chi connectivity index (χ0) is 22.2. The minimum atomic E-state index is 0.0685. The molecule has 1 amide bonds. The summed E-state index contributed by atoms with van der Waals surface area (Å²) >= 11 is 0. The van der Waals surface area contributed by atoms with Crippen LogP contribution in [0.2, 0.25) is 0 Å². The summed E-state index contributed by atoms with van der Waals surface area (Å²) in [4.78, 5) is 22.4. The number of hydrogen-bond acceptors (Lipinski definition) is 4. The molecule has 2 aromatic carbocycles. The van der Waals surface area contributed by atoms with E-state index >= 15 is 0 Å². The highest BCUT2D eigenvalue weighted by Crippen LogP contribution is 2.23. The van der Waals surface area contributed by atoms with Crippen LogP contribution in [0.4, 0.5) is 0 Å². The summed E-state index contributed by atoms with van der Waals surface area (Å²) < 4.78 is 1.91. The molecule has 32 heavy (non-hydrogen) atoms. The van der Waals surface area contributed by atoms with Crippen molar-refractivity contribution in [2.24, 2.45) is 0 Å². The zero-order valence-electron chi connectivity index (χ0n) is 19.0. The first kappa shape index (κ1) is 20.6. The lowest BCUT2D eigenvalue weighted by molar-refractivity contribution is 0.0628. The fraction of sp³-hybridized carbons (Fsp3) is 0.346. The molecule has 0 N–H and O–H groups in total. The van der Waals surface area contributed by atoms with Gasteiger partial charge in [-0.1, -0.05) is 42.5 Å². The van der Waals surface area contributed by atoms with E-state index in [4.69, 9.17) is 4.98 Å². The average Bonchev–Trinajstić information content (AvgIpc) is 3.22. The molecule has 6 heteroatoms. The van der Waals surface area contributed by atoms with Crippen LogP contribution in [-0.4, -0.2) is 56.7 Å². The second-order valence-electron chi connectivity index (χ2n) is 8.92. The first-order valence-electron chi connectivity index (χ1n) is 11.3. The molecule has 0 bridgehead atoms. The number of aryl methyl sites for hydroxylation is 1. The standard InChI is InChI=1S/C26H29N5O/c1-18(2)31-25-22(16-27-31)15-24(19(3)28-25)26(32)30-13-11-29(12-14-30)17-21-9-6-8-20-7-4-5-10-23(20)21/h4-10,15-16,18H,11-14,17H2,1-3H3. The van der Waals surface area contributed by atoms with Crippen LogP contribution in [0.5, 0.6) is 0 Å². The van der Waals surface area contributed by atoms with Crippen LogP contribution in [0, 0.1) is 6.92 Å². The summed E-state index contributed by atoms with van der Waals surface area (Å²) in [6.45, 7) is 10.2. The second kappa shape index (κ2) is 8.36. The molecule has 0 radical (unpaired) electrons. The normalized spacial score (nSPS) is 15.2. The maximum absolute atomic E-state index is 13.3. The Morgan fingerprint density at radius 3 is 2.53 bits per heavy atom. The van der Waals surface area contributed by atoms with Crippen LogP contribution in [0.15, 0.2) is 54.7 Å². The Morgan fingerprint density at radius 1 is 1.00 bits per heavy atom. The molecule has 0 unspecified atom stereocenters. The van der Waals surface area contributed by atoms with Gasteiger partial charge < -0.3 is 4.90 Å². The molecule has 0 saturated carbocycles. The number of nitrogens with zero attached hydrogens (tertiary/aromatic N) is 5. The van der Waals surface area contributed by atoms with Crippen molar-refractivity contribution in [1.29, 1.82) is 0 Å². The number of hydrogen-bond donors (Lipinski definition) is 0. The Kier molecular flexibility index (Phi) is 5.39. The molecule has 4 aromatic rings. The Morgan fingerprint density at radius 2 is 1.75 bits per heavy atom. The molecule has 6 nitrogen and oxygen atoms in total. The van der Waals surface area contributed by atoms with E-state index in [1.165, 1.54) is 16.3 Å². The highest BCUT2D eigenvalue weighted by atomic mass is 16.2. The van der Waals surface area contributed by atoms with Crippen LogP contribution < -0.4 is 0 Å². The molecule has 0 spiro atoms. The van der Waals surface area contributed by atoms with Crippen molar-refractivity contribution in [3.63, 3.8) is 0 Å². The number of fused-ring (bicyclic) bond motifs is 2. The molecule has 1 saturated heterocycles. The summed E-state index contributed by atoms with van der Waals surface area (Å²) in [6, 6.07) is 17.2. The van der Waals surface area contributed by atoms with Crippen LogP contribution in [0.1, 0.15) is 41.5 Å². The van der Waals surface area contributed by atoms with Gasteiger partial charge in [0.2, 0.25) is 0 Å². The second-order valence-corrected chi connectivity index (χ2v) is 8.92. The van der Waals surface area contributed by atoms with Crippen molar-refractivity contribution in [2.45, 2.75) is 33.4 Å². The molecule has 1 aliphatic rings. The van der Waals surface area contributed by atoms with Gasteiger partial charge in [0.05, 0.1) is 17.5 Å². The molecule has 164 valence electrons. The maximum atomic E-state index is 13.3. The fourth-order valence-electron chi connectivity index (χ4n) is 4.61. The number of carbonyl (C=O) groups excluding carboxylic acids is 1. The van der Waals surface area contributed by atoms with E-state index in [1.807, 2.05) is 22.6 Å². The fourth-order valence-corrected chi connectivity index (χ4v) is 4.61. The SMILES string of the molecule is Cc1nc2c(cnn2C(C)C)cc1C(=O)N1CCN(Cc2cccc3ccccc23)CC1. The monoisotopic (exact) mass is 427 g/mol. The van der Waals surface area contributed by atoms with E-state index in [0.29, 0.717) is 5.56 Å². The van der Waals surface area contributed by atoms with Crippen LogP contribution in [-0.2, 0) is 6.54 Å². The first-order valence-corrected chi connectivity index (χ1v) is 11.3. The lowest BCUT2D eigenvalue weighted by atomic mass is 10.0. The van der Waals surface area contributed by atoms with Gasteiger partial charge >= 0.3 is 0 Å². The lowest BCUT2D eigenvalue weighted by Crippen LogP contribution is -2.48. The van der Waals surface area contributed by atoms with E-state index in [-0.39, 0.29) is 11.9 Å². The topological polar surface area (TPSA) is 54.3 Å². The summed E-state index contributed by atoms with van der Waals surface area (Å²) in [5.41, 5.74) is 3.64. The van der Waals surface area contributed by atoms with Gasteiger partial charge in [0.25, 0.3) is 5.91 Å². The Balaban J connectivity index is 1.29. The van der Waals surface area contributed by atoms with Crippen molar-refractivity contribution >= 4 is 27.7 Å². The summed E-state index contributed by atoms with van der Waals surface area (Å²) in [7, 11) is 0. The Labute approximate surface area is 188 Å². The zero-order valence-corrected chi connectivity index (χ0v) is 19.0. The summed E-state index contributed by atoms with van der Waals surface area (Å²) in [6.07, 6.45) is 1.81. The van der Waals surface area contributed by atoms with Gasteiger partial charge in [0.15, 0.2) is 5.65 Å². The van der Waals surface area contributed by atoms with E-state index in [9.17, 15) is 4.79 Å². The molecular formula is C26H29N5O. The number of carbonyl (C=O) groups is 1. The highest BCUT2D eigenvalue weighted by molar-refractivity contribution is 5.98. The van der Waals surface area contributed by atoms with Crippen LogP contribution >= 0.6 is 0 Å². The average molecular weight is 428 g/mol. The van der Waals surface area contributed by atoms with Gasteiger partial charge in [-0.05, 0) is 43.2 Å². The number of piperazine rings is 1. The highest BCUT2D eigenvalue weighted by Gasteiger charge is 2.25. The number of rotatable bonds is 4. The third kappa shape index (κ3) is 3.75. The molecular weight excluding hydrogens is 398 g/mol. The molecule has 1 aliphatic heterocycles. The third-order valence-corrected chi connectivity index (χ3v) is 6.41. The van der Waals surface area contributed by atoms with E-state index in [0.717, 1.165) is 49.5 Å². The summed E-state index contributed by atoms with van der Waals surface area (Å²) in [5, 5.41) is 7.95. The van der Waals surface area contributed by atoms with Gasteiger partial charge in [-0.15, -0.1) is 0 Å². The number of amides is 1. The van der Waals surface area contributed by atoms with Crippen molar-refractivity contribution in [2.75, 3.05) is 26.2 Å². The van der Waals surface area contributed by atoms with Crippen molar-refractivity contribution < 1.29 is 4.79 Å².